The number of hydrogen-bond donors (Lipinski definition) is 2. The molecule has 19 heavy (non-hydrogen) atoms. The van der Waals surface area contributed by atoms with Crippen LogP contribution in [0.1, 0.15) is 0 Å². The topological polar surface area (TPSA) is 136 Å². The normalized spacial score (nSPS) is 9.68. The quantitative estimate of drug-likeness (QED) is 0.541. The second-order valence-corrected chi connectivity index (χ2v) is 3.25. The number of carboxylic acid groups (broad SMARTS) is 2. The van der Waals surface area contributed by atoms with Crippen LogP contribution in [0, 0.1) is 10.1 Å². The van der Waals surface area contributed by atoms with E-state index in [0.29, 0.717) is 0 Å². The summed E-state index contributed by atoms with van der Waals surface area (Å²) in [5, 5.41) is 27.5. The number of aliphatic carboxylic acids is 2. The molecule has 1 aromatic carbocycles. The van der Waals surface area contributed by atoms with Gasteiger partial charge in [-0.15, -0.1) is 0 Å². The number of ether oxygens (including phenoxy) is 2. The number of nitro benzene ring substituents is 1. The van der Waals surface area contributed by atoms with Gasteiger partial charge in [-0.05, 0) is 6.07 Å². The Bertz CT molecular complexity index is 512. The van der Waals surface area contributed by atoms with Crippen LogP contribution in [-0.4, -0.2) is 40.3 Å². The summed E-state index contributed by atoms with van der Waals surface area (Å²) in [4.78, 5) is 30.6. The average Bonchev–Trinajstić information content (AvgIpc) is 2.33. The molecule has 0 bridgehead atoms. The molecule has 2 N–H and O–H groups in total. The molecular formula is C10H9NO8. The molecule has 0 amide bonds. The minimum atomic E-state index is -1.28. The highest BCUT2D eigenvalue weighted by Gasteiger charge is 2.15. The van der Waals surface area contributed by atoms with Crippen molar-refractivity contribution in [3.05, 3.63) is 28.3 Å². The van der Waals surface area contributed by atoms with Crippen LogP contribution in [0.3, 0.4) is 0 Å². The Kier molecular flexibility index (Phi) is 4.63. The molecule has 0 aliphatic rings. The lowest BCUT2D eigenvalue weighted by atomic mass is 10.3. The van der Waals surface area contributed by atoms with Gasteiger partial charge in [-0.3, -0.25) is 10.1 Å². The van der Waals surface area contributed by atoms with E-state index in [9.17, 15) is 19.7 Å². The Balaban J connectivity index is 2.96. The summed E-state index contributed by atoms with van der Waals surface area (Å²) in [6.45, 7) is -1.41. The van der Waals surface area contributed by atoms with E-state index in [1.807, 2.05) is 0 Å². The van der Waals surface area contributed by atoms with Crippen molar-refractivity contribution >= 4 is 17.6 Å². The highest BCUT2D eigenvalue weighted by molar-refractivity contribution is 5.69. The molecular weight excluding hydrogens is 262 g/mol. The van der Waals surface area contributed by atoms with E-state index in [0.717, 1.165) is 18.2 Å². The number of rotatable bonds is 7. The fourth-order valence-corrected chi connectivity index (χ4v) is 1.12. The van der Waals surface area contributed by atoms with Gasteiger partial charge in [-0.25, -0.2) is 9.59 Å². The summed E-state index contributed by atoms with van der Waals surface area (Å²) in [5.74, 6) is -2.83. The highest BCUT2D eigenvalue weighted by atomic mass is 16.6. The van der Waals surface area contributed by atoms with Crippen molar-refractivity contribution in [1.82, 2.24) is 0 Å². The molecule has 0 atom stereocenters. The first kappa shape index (κ1) is 14.2. The maximum absolute atomic E-state index is 10.6. The molecule has 0 unspecified atom stereocenters. The van der Waals surface area contributed by atoms with Gasteiger partial charge in [0.2, 0.25) is 0 Å². The van der Waals surface area contributed by atoms with Gasteiger partial charge in [-0.1, -0.05) is 0 Å². The van der Waals surface area contributed by atoms with E-state index >= 15 is 0 Å². The molecule has 1 rings (SSSR count). The average molecular weight is 271 g/mol. The Morgan fingerprint density at radius 2 is 1.63 bits per heavy atom. The summed E-state index contributed by atoms with van der Waals surface area (Å²) in [5.41, 5.74) is -0.330. The van der Waals surface area contributed by atoms with Crippen LogP contribution in [0.5, 0.6) is 11.5 Å². The van der Waals surface area contributed by atoms with Gasteiger partial charge in [0.25, 0.3) is 5.69 Å². The molecule has 9 heteroatoms. The molecule has 0 aliphatic carbocycles. The highest BCUT2D eigenvalue weighted by Crippen LogP contribution is 2.31. The van der Waals surface area contributed by atoms with E-state index in [1.54, 1.807) is 0 Å². The predicted molar refractivity (Wildman–Crippen MR) is 59.4 cm³/mol. The summed E-state index contributed by atoms with van der Waals surface area (Å²) in [7, 11) is 0. The van der Waals surface area contributed by atoms with Gasteiger partial charge in [0.05, 0.1) is 11.0 Å². The maximum Gasteiger partial charge on any atom is 0.341 e. The SMILES string of the molecule is O=C(O)COc1ccc([N+](=O)[O-])cc1OCC(=O)O. The van der Waals surface area contributed by atoms with Crippen LogP contribution in [0.15, 0.2) is 18.2 Å². The maximum atomic E-state index is 10.6. The molecule has 9 nitrogen and oxygen atoms in total. The lowest BCUT2D eigenvalue weighted by molar-refractivity contribution is -0.385. The van der Waals surface area contributed by atoms with Crippen molar-refractivity contribution in [3.8, 4) is 11.5 Å². The van der Waals surface area contributed by atoms with Gasteiger partial charge < -0.3 is 19.7 Å². The van der Waals surface area contributed by atoms with Crippen LogP contribution < -0.4 is 9.47 Å². The van der Waals surface area contributed by atoms with Crippen LogP contribution in [0.2, 0.25) is 0 Å². The van der Waals surface area contributed by atoms with E-state index < -0.39 is 30.1 Å². The molecule has 0 spiro atoms. The van der Waals surface area contributed by atoms with Crippen molar-refractivity contribution in [3.63, 3.8) is 0 Å². The summed E-state index contributed by atoms with van der Waals surface area (Å²) in [6.07, 6.45) is 0. The Morgan fingerprint density at radius 1 is 1.11 bits per heavy atom. The smallest absolute Gasteiger partial charge is 0.341 e. The summed E-state index contributed by atoms with van der Waals surface area (Å²) >= 11 is 0. The largest absolute Gasteiger partial charge is 0.479 e. The second-order valence-electron chi connectivity index (χ2n) is 3.25. The standard InChI is InChI=1S/C10H9NO8/c12-9(13)4-18-7-2-1-6(11(16)17)3-8(7)19-5-10(14)15/h1-3H,4-5H2,(H,12,13)(H,14,15). The molecule has 0 fully saturated rings. The van der Waals surface area contributed by atoms with Gasteiger partial charge in [-0.2, -0.15) is 0 Å². The number of nitrogens with zero attached hydrogens (tertiary/aromatic N) is 1. The number of non-ortho nitro benzene ring substituents is 1. The molecule has 0 aliphatic heterocycles. The lowest BCUT2D eigenvalue weighted by Crippen LogP contribution is -2.13. The first-order valence-electron chi connectivity index (χ1n) is 4.87. The Hall–Kier alpha value is -2.84. The Morgan fingerprint density at radius 3 is 2.11 bits per heavy atom. The zero-order chi connectivity index (χ0) is 14.4. The zero-order valence-electron chi connectivity index (χ0n) is 9.44. The number of nitro groups is 1. The third-order valence-corrected chi connectivity index (χ3v) is 1.84. The van der Waals surface area contributed by atoms with E-state index in [-0.39, 0.29) is 17.2 Å². The van der Waals surface area contributed by atoms with Crippen molar-refractivity contribution in [2.75, 3.05) is 13.2 Å². The van der Waals surface area contributed by atoms with E-state index in [2.05, 4.69) is 0 Å². The molecule has 1 aromatic rings. The van der Waals surface area contributed by atoms with E-state index in [4.69, 9.17) is 19.7 Å². The molecule has 0 saturated carbocycles. The number of carboxylic acids is 2. The molecule has 0 radical (unpaired) electrons. The minimum absolute atomic E-state index is 0.0887. The van der Waals surface area contributed by atoms with Crippen molar-refractivity contribution in [1.29, 1.82) is 0 Å². The summed E-state index contributed by atoms with van der Waals surface area (Å²) < 4.78 is 9.63. The zero-order valence-corrected chi connectivity index (χ0v) is 9.44. The van der Waals surface area contributed by atoms with Gasteiger partial charge in [0.1, 0.15) is 0 Å². The number of benzene rings is 1. The van der Waals surface area contributed by atoms with Gasteiger partial charge >= 0.3 is 11.9 Å². The van der Waals surface area contributed by atoms with Crippen molar-refractivity contribution in [2.24, 2.45) is 0 Å². The monoisotopic (exact) mass is 271 g/mol. The Labute approximate surface area is 106 Å². The number of hydrogen-bond acceptors (Lipinski definition) is 6. The van der Waals surface area contributed by atoms with Crippen LogP contribution >= 0.6 is 0 Å². The second kappa shape index (κ2) is 6.19. The summed E-state index contributed by atoms with van der Waals surface area (Å²) in [6, 6.07) is 3.18. The van der Waals surface area contributed by atoms with Crippen LogP contribution in [0.4, 0.5) is 5.69 Å². The third kappa shape index (κ3) is 4.50. The minimum Gasteiger partial charge on any atom is -0.479 e. The fraction of sp³-hybridized carbons (Fsp3) is 0.200. The van der Waals surface area contributed by atoms with Crippen LogP contribution in [-0.2, 0) is 9.59 Å². The predicted octanol–water partition coefficient (Wildman–Crippen LogP) is 0.522. The van der Waals surface area contributed by atoms with Gasteiger partial charge in [0, 0.05) is 6.07 Å². The van der Waals surface area contributed by atoms with E-state index in [1.165, 1.54) is 0 Å². The molecule has 0 heterocycles. The van der Waals surface area contributed by atoms with Crippen molar-refractivity contribution < 1.29 is 34.2 Å². The lowest BCUT2D eigenvalue weighted by Gasteiger charge is -2.09. The first-order valence-corrected chi connectivity index (χ1v) is 4.87. The molecule has 0 aromatic heterocycles. The van der Waals surface area contributed by atoms with Crippen molar-refractivity contribution in [2.45, 2.75) is 0 Å². The molecule has 102 valence electrons. The third-order valence-electron chi connectivity index (χ3n) is 1.84. The van der Waals surface area contributed by atoms with Gasteiger partial charge in [0.15, 0.2) is 24.7 Å². The van der Waals surface area contributed by atoms with Crippen LogP contribution in [0.25, 0.3) is 0 Å². The fourth-order valence-electron chi connectivity index (χ4n) is 1.12. The number of carbonyl (C=O) groups is 2. The first-order chi connectivity index (χ1) is 8.90. The molecule has 0 saturated heterocycles.